The highest BCUT2D eigenvalue weighted by atomic mass is 32.2. The van der Waals surface area contributed by atoms with Crippen molar-refractivity contribution in [3.63, 3.8) is 0 Å². The van der Waals surface area contributed by atoms with E-state index >= 15 is 0 Å². The molecule has 0 saturated carbocycles. The minimum Gasteiger partial charge on any atom is -0.340 e. The predicted octanol–water partition coefficient (Wildman–Crippen LogP) is 5.04. The molecule has 0 spiro atoms. The fourth-order valence-corrected chi connectivity index (χ4v) is 4.99. The van der Waals surface area contributed by atoms with E-state index in [0.717, 1.165) is 44.2 Å². The molecule has 2 heterocycles. The van der Waals surface area contributed by atoms with Crippen LogP contribution < -0.4 is 5.32 Å². The monoisotopic (exact) mass is 436 g/mol. The maximum Gasteiger partial charge on any atom is 0.146 e. The highest BCUT2D eigenvalue weighted by Crippen LogP contribution is 2.38. The standard InChI is InChI=1S/C23H24N4OS2/c1-27(2)13-20-25-22(24-18-11-7-8-16(12-18)15-30(3)28)21-19(14-29-23(21)26-20)17-9-5-4-6-10-17/h4-12,14H,13,15H2,1-3H3,(H,24,25,26). The van der Waals surface area contributed by atoms with Gasteiger partial charge in [-0.1, -0.05) is 42.5 Å². The van der Waals surface area contributed by atoms with Crippen molar-refractivity contribution in [2.24, 2.45) is 0 Å². The highest BCUT2D eigenvalue weighted by molar-refractivity contribution is 7.83. The second-order valence-corrected chi connectivity index (χ2v) is 9.76. The number of hydrogen-bond donors (Lipinski definition) is 1. The van der Waals surface area contributed by atoms with Gasteiger partial charge in [-0.15, -0.1) is 11.3 Å². The van der Waals surface area contributed by atoms with Crippen LogP contribution in [0.3, 0.4) is 0 Å². The first-order valence-corrected chi connectivity index (χ1v) is 12.2. The first kappa shape index (κ1) is 20.7. The second kappa shape index (κ2) is 9.04. The van der Waals surface area contributed by atoms with E-state index in [2.05, 4.69) is 27.7 Å². The third-order valence-corrected chi connectivity index (χ3v) is 6.19. The molecule has 2 aromatic heterocycles. The fraction of sp³-hybridized carbons (Fsp3) is 0.217. The summed E-state index contributed by atoms with van der Waals surface area (Å²) in [4.78, 5) is 12.7. The smallest absolute Gasteiger partial charge is 0.146 e. The lowest BCUT2D eigenvalue weighted by Gasteiger charge is -2.13. The largest absolute Gasteiger partial charge is 0.340 e. The summed E-state index contributed by atoms with van der Waals surface area (Å²) < 4.78 is 11.6. The molecule has 0 saturated heterocycles. The van der Waals surface area contributed by atoms with Crippen LogP contribution >= 0.6 is 11.3 Å². The van der Waals surface area contributed by atoms with E-state index in [9.17, 15) is 4.21 Å². The minimum atomic E-state index is -0.883. The zero-order valence-corrected chi connectivity index (χ0v) is 18.9. The zero-order valence-electron chi connectivity index (χ0n) is 17.3. The summed E-state index contributed by atoms with van der Waals surface area (Å²) in [7, 11) is 3.14. The Morgan fingerprint density at radius 3 is 2.60 bits per heavy atom. The topological polar surface area (TPSA) is 58.1 Å². The molecule has 4 aromatic rings. The van der Waals surface area contributed by atoms with Gasteiger partial charge in [0, 0.05) is 39.4 Å². The van der Waals surface area contributed by atoms with Gasteiger partial charge in [0.2, 0.25) is 0 Å². The van der Waals surface area contributed by atoms with Crippen molar-refractivity contribution in [3.05, 3.63) is 71.4 Å². The average Bonchev–Trinajstić information content (AvgIpc) is 3.12. The molecule has 1 unspecified atom stereocenters. The van der Waals surface area contributed by atoms with Gasteiger partial charge in [-0.2, -0.15) is 0 Å². The summed E-state index contributed by atoms with van der Waals surface area (Å²) in [5.74, 6) is 2.11. The van der Waals surface area contributed by atoms with Crippen LogP contribution in [0, 0.1) is 0 Å². The lowest BCUT2D eigenvalue weighted by Crippen LogP contribution is -2.14. The Kier molecular flexibility index (Phi) is 6.22. The van der Waals surface area contributed by atoms with Crippen molar-refractivity contribution in [1.82, 2.24) is 14.9 Å². The molecule has 1 atom stereocenters. The number of aromatic nitrogens is 2. The van der Waals surface area contributed by atoms with Crippen LogP contribution in [-0.4, -0.2) is 39.4 Å². The van der Waals surface area contributed by atoms with Crippen molar-refractivity contribution in [2.45, 2.75) is 12.3 Å². The summed E-state index contributed by atoms with van der Waals surface area (Å²) in [6.45, 7) is 0.665. The van der Waals surface area contributed by atoms with Crippen molar-refractivity contribution < 1.29 is 4.21 Å². The number of thiophene rings is 1. The van der Waals surface area contributed by atoms with Crippen LogP contribution in [-0.2, 0) is 23.1 Å². The van der Waals surface area contributed by atoms with Crippen LogP contribution in [0.4, 0.5) is 11.5 Å². The van der Waals surface area contributed by atoms with E-state index in [-0.39, 0.29) is 0 Å². The Bertz CT molecular complexity index is 1190. The van der Waals surface area contributed by atoms with Crippen LogP contribution in [0.15, 0.2) is 60.0 Å². The maximum atomic E-state index is 11.6. The molecule has 4 rings (SSSR count). The molecule has 7 heteroatoms. The zero-order chi connectivity index (χ0) is 21.1. The first-order valence-electron chi connectivity index (χ1n) is 9.64. The molecule has 2 aromatic carbocycles. The highest BCUT2D eigenvalue weighted by Gasteiger charge is 2.16. The Morgan fingerprint density at radius 2 is 1.87 bits per heavy atom. The first-order chi connectivity index (χ1) is 14.5. The Morgan fingerprint density at radius 1 is 1.07 bits per heavy atom. The number of nitrogens with one attached hydrogen (secondary N) is 1. The Hall–Kier alpha value is -2.61. The summed E-state index contributed by atoms with van der Waals surface area (Å²) in [6, 6.07) is 18.3. The second-order valence-electron chi connectivity index (χ2n) is 7.46. The van der Waals surface area contributed by atoms with Crippen LogP contribution in [0.25, 0.3) is 21.3 Å². The van der Waals surface area contributed by atoms with Gasteiger partial charge in [-0.3, -0.25) is 4.21 Å². The van der Waals surface area contributed by atoms with Gasteiger partial charge in [0.25, 0.3) is 0 Å². The molecule has 0 amide bonds. The number of nitrogens with zero attached hydrogens (tertiary/aromatic N) is 3. The lowest BCUT2D eigenvalue weighted by molar-refractivity contribution is 0.391. The molecule has 154 valence electrons. The van der Waals surface area contributed by atoms with Crippen molar-refractivity contribution in [2.75, 3.05) is 25.7 Å². The third kappa shape index (κ3) is 4.75. The summed E-state index contributed by atoms with van der Waals surface area (Å²) in [5, 5.41) is 6.68. The number of hydrogen-bond acceptors (Lipinski definition) is 6. The number of fused-ring (bicyclic) bond motifs is 1. The summed E-state index contributed by atoms with van der Waals surface area (Å²) >= 11 is 1.64. The average molecular weight is 437 g/mol. The normalized spacial score (nSPS) is 12.4. The summed E-state index contributed by atoms with van der Waals surface area (Å²) in [5.41, 5.74) is 4.23. The molecule has 30 heavy (non-hydrogen) atoms. The molecule has 0 aliphatic carbocycles. The quantitative estimate of drug-likeness (QED) is 0.440. The van der Waals surface area contributed by atoms with E-state index in [1.807, 2.05) is 56.6 Å². The minimum absolute atomic E-state index is 0.536. The number of benzene rings is 2. The van der Waals surface area contributed by atoms with Crippen molar-refractivity contribution in [1.29, 1.82) is 0 Å². The van der Waals surface area contributed by atoms with Gasteiger partial charge >= 0.3 is 0 Å². The lowest BCUT2D eigenvalue weighted by atomic mass is 10.1. The number of anilines is 2. The molecular weight excluding hydrogens is 412 g/mol. The Balaban J connectivity index is 1.81. The predicted molar refractivity (Wildman–Crippen MR) is 128 cm³/mol. The van der Waals surface area contributed by atoms with E-state index in [0.29, 0.717) is 12.3 Å². The van der Waals surface area contributed by atoms with Gasteiger partial charge in [-0.05, 0) is 37.4 Å². The molecule has 5 nitrogen and oxygen atoms in total. The summed E-state index contributed by atoms with van der Waals surface area (Å²) in [6.07, 6.45) is 1.72. The van der Waals surface area contributed by atoms with Crippen molar-refractivity contribution >= 4 is 43.9 Å². The van der Waals surface area contributed by atoms with Crippen LogP contribution in [0.5, 0.6) is 0 Å². The fourth-order valence-electron chi connectivity index (χ4n) is 3.37. The molecule has 1 N–H and O–H groups in total. The third-order valence-electron chi connectivity index (χ3n) is 4.58. The van der Waals surface area contributed by atoms with E-state index in [4.69, 9.17) is 9.97 Å². The molecule has 0 bridgehead atoms. The van der Waals surface area contributed by atoms with Crippen molar-refractivity contribution in [3.8, 4) is 11.1 Å². The van der Waals surface area contributed by atoms with E-state index < -0.39 is 10.8 Å². The van der Waals surface area contributed by atoms with Gasteiger partial charge in [0.15, 0.2) is 0 Å². The molecule has 0 radical (unpaired) electrons. The SMILES string of the molecule is CN(C)Cc1nc(Nc2cccc(CS(C)=O)c2)c2c(-c3ccccc3)csc2n1. The van der Waals surface area contributed by atoms with Gasteiger partial charge in [-0.25, -0.2) is 9.97 Å². The van der Waals surface area contributed by atoms with Crippen LogP contribution in [0.1, 0.15) is 11.4 Å². The van der Waals surface area contributed by atoms with Crippen LogP contribution in [0.2, 0.25) is 0 Å². The molecule has 0 aliphatic heterocycles. The van der Waals surface area contributed by atoms with E-state index in [1.165, 1.54) is 0 Å². The van der Waals surface area contributed by atoms with Gasteiger partial charge in [0.1, 0.15) is 16.5 Å². The van der Waals surface area contributed by atoms with Gasteiger partial charge in [0.05, 0.1) is 11.9 Å². The maximum absolute atomic E-state index is 11.6. The molecule has 0 fully saturated rings. The number of rotatable bonds is 7. The Labute approximate surface area is 183 Å². The molecule has 0 aliphatic rings. The molecular formula is C23H24N4OS2. The van der Waals surface area contributed by atoms with E-state index in [1.54, 1.807) is 17.6 Å². The van der Waals surface area contributed by atoms with Gasteiger partial charge < -0.3 is 10.2 Å².